The average molecular weight is 215 g/mol. The minimum absolute atomic E-state index is 0.593. The third kappa shape index (κ3) is 2.02. The third-order valence-electron chi connectivity index (χ3n) is 3.29. The Kier molecular flexibility index (Phi) is 3.12. The first-order valence-corrected chi connectivity index (χ1v) is 5.67. The normalized spacial score (nSPS) is 19.8. The molecule has 1 N–H and O–H groups in total. The number of likely N-dealkylation sites (N-methyl/N-ethyl adjacent to an activating group) is 1. The lowest BCUT2D eigenvalue weighted by Crippen LogP contribution is -2.29. The zero-order chi connectivity index (χ0) is 11.5. The van der Waals surface area contributed by atoms with Crippen molar-refractivity contribution in [3.05, 3.63) is 29.3 Å². The Labute approximate surface area is 96.7 Å². The molecular weight excluding hydrogens is 198 g/mol. The van der Waals surface area contributed by atoms with Crippen LogP contribution in [0.2, 0.25) is 0 Å². The molecule has 2 rings (SSSR count). The Balaban J connectivity index is 2.17. The van der Waals surface area contributed by atoms with Crippen LogP contribution in [-0.4, -0.2) is 26.2 Å². The van der Waals surface area contributed by atoms with Crippen LogP contribution in [0, 0.1) is 18.3 Å². The second kappa shape index (κ2) is 4.54. The summed E-state index contributed by atoms with van der Waals surface area (Å²) in [6.45, 7) is 4.15. The van der Waals surface area contributed by atoms with Crippen molar-refractivity contribution in [2.24, 2.45) is 0 Å². The van der Waals surface area contributed by atoms with Crippen LogP contribution in [0.25, 0.3) is 0 Å². The summed E-state index contributed by atoms with van der Waals surface area (Å²) in [6, 6.07) is 8.86. The average Bonchev–Trinajstić information content (AvgIpc) is 2.77. The molecular formula is C13H17N3. The van der Waals surface area contributed by atoms with Crippen molar-refractivity contribution in [1.29, 1.82) is 5.26 Å². The van der Waals surface area contributed by atoms with Crippen molar-refractivity contribution in [2.45, 2.75) is 19.4 Å². The highest BCUT2D eigenvalue weighted by Gasteiger charge is 2.21. The van der Waals surface area contributed by atoms with Crippen molar-refractivity contribution >= 4 is 5.69 Å². The molecule has 0 radical (unpaired) electrons. The van der Waals surface area contributed by atoms with E-state index in [-0.39, 0.29) is 0 Å². The molecule has 84 valence electrons. The molecule has 1 aromatic carbocycles. The topological polar surface area (TPSA) is 39.1 Å². The van der Waals surface area contributed by atoms with E-state index < -0.39 is 0 Å². The highest BCUT2D eigenvalue weighted by molar-refractivity contribution is 5.54. The van der Waals surface area contributed by atoms with E-state index >= 15 is 0 Å². The van der Waals surface area contributed by atoms with Crippen LogP contribution < -0.4 is 10.2 Å². The maximum atomic E-state index is 8.88. The van der Waals surface area contributed by atoms with Crippen molar-refractivity contribution in [3.8, 4) is 6.07 Å². The van der Waals surface area contributed by atoms with Gasteiger partial charge in [-0.2, -0.15) is 5.26 Å². The number of benzene rings is 1. The van der Waals surface area contributed by atoms with E-state index in [4.69, 9.17) is 5.26 Å². The van der Waals surface area contributed by atoms with Gasteiger partial charge >= 0.3 is 0 Å². The number of nitrogens with one attached hydrogen (secondary N) is 1. The summed E-state index contributed by atoms with van der Waals surface area (Å²) >= 11 is 0. The number of rotatable bonds is 2. The van der Waals surface area contributed by atoms with Crippen LogP contribution >= 0.6 is 0 Å². The zero-order valence-electron chi connectivity index (χ0n) is 9.83. The van der Waals surface area contributed by atoms with Crippen molar-refractivity contribution in [2.75, 3.05) is 25.0 Å². The van der Waals surface area contributed by atoms with Gasteiger partial charge in [-0.3, -0.25) is 0 Å². The molecule has 0 aliphatic carbocycles. The van der Waals surface area contributed by atoms with E-state index in [0.29, 0.717) is 6.04 Å². The summed E-state index contributed by atoms with van der Waals surface area (Å²) in [6.07, 6.45) is 1.19. The molecule has 3 heteroatoms. The molecule has 1 aliphatic heterocycles. The van der Waals surface area contributed by atoms with Crippen molar-refractivity contribution in [3.63, 3.8) is 0 Å². The van der Waals surface area contributed by atoms with Crippen LogP contribution in [-0.2, 0) is 0 Å². The van der Waals surface area contributed by atoms with Crippen LogP contribution in [0.15, 0.2) is 18.2 Å². The predicted octanol–water partition coefficient (Wildman–Crippen LogP) is 1.66. The number of hydrogen-bond acceptors (Lipinski definition) is 3. The summed E-state index contributed by atoms with van der Waals surface area (Å²) in [4.78, 5) is 2.37. The fourth-order valence-corrected chi connectivity index (χ4v) is 2.20. The molecule has 1 fully saturated rings. The molecule has 0 spiro atoms. The Hall–Kier alpha value is -1.53. The van der Waals surface area contributed by atoms with Crippen LogP contribution in [0.1, 0.15) is 17.5 Å². The zero-order valence-corrected chi connectivity index (χ0v) is 9.83. The van der Waals surface area contributed by atoms with Gasteiger partial charge in [-0.1, -0.05) is 0 Å². The molecule has 0 aromatic heterocycles. The Morgan fingerprint density at radius 1 is 1.50 bits per heavy atom. The number of nitriles is 1. The minimum atomic E-state index is 0.593. The summed E-state index contributed by atoms with van der Waals surface area (Å²) in [5.41, 5.74) is 3.07. The van der Waals surface area contributed by atoms with E-state index in [0.717, 1.165) is 24.2 Å². The van der Waals surface area contributed by atoms with Gasteiger partial charge in [-0.15, -0.1) is 0 Å². The quantitative estimate of drug-likeness (QED) is 0.815. The molecule has 1 aromatic rings. The van der Waals surface area contributed by atoms with Gasteiger partial charge in [-0.25, -0.2) is 0 Å². The molecule has 16 heavy (non-hydrogen) atoms. The number of hydrogen-bond donors (Lipinski definition) is 1. The monoisotopic (exact) mass is 215 g/mol. The molecule has 1 aliphatic rings. The maximum absolute atomic E-state index is 8.88. The largest absolute Gasteiger partial charge is 0.370 e. The van der Waals surface area contributed by atoms with E-state index in [2.05, 4.69) is 22.4 Å². The van der Waals surface area contributed by atoms with Crippen LogP contribution in [0.3, 0.4) is 0 Å². The Bertz CT molecular complexity index is 420. The van der Waals surface area contributed by atoms with Crippen LogP contribution in [0.5, 0.6) is 0 Å². The first-order chi connectivity index (χ1) is 7.74. The summed E-state index contributed by atoms with van der Waals surface area (Å²) in [5, 5.41) is 12.2. The second-order valence-electron chi connectivity index (χ2n) is 4.33. The van der Waals surface area contributed by atoms with Gasteiger partial charge in [0.2, 0.25) is 0 Å². The summed E-state index contributed by atoms with van der Waals surface area (Å²) in [7, 11) is 2.01. The molecule has 0 amide bonds. The summed E-state index contributed by atoms with van der Waals surface area (Å²) < 4.78 is 0. The molecule has 3 nitrogen and oxygen atoms in total. The summed E-state index contributed by atoms with van der Waals surface area (Å²) in [5.74, 6) is 0. The smallest absolute Gasteiger partial charge is 0.0994 e. The second-order valence-corrected chi connectivity index (χ2v) is 4.33. The molecule has 0 saturated carbocycles. The van der Waals surface area contributed by atoms with Gasteiger partial charge in [0.15, 0.2) is 0 Å². The first kappa shape index (κ1) is 11.0. The molecule has 0 unspecified atom stereocenters. The maximum Gasteiger partial charge on any atom is 0.0994 e. The van der Waals surface area contributed by atoms with Gasteiger partial charge in [-0.05, 0) is 44.2 Å². The fourth-order valence-electron chi connectivity index (χ4n) is 2.20. The molecule has 1 saturated heterocycles. The lowest BCUT2D eigenvalue weighted by Gasteiger charge is -2.19. The highest BCUT2D eigenvalue weighted by atomic mass is 15.2. The van der Waals surface area contributed by atoms with E-state index in [1.54, 1.807) is 0 Å². The third-order valence-corrected chi connectivity index (χ3v) is 3.29. The molecule has 0 bridgehead atoms. The van der Waals surface area contributed by atoms with Gasteiger partial charge in [0, 0.05) is 24.8 Å². The number of nitrogens with zero attached hydrogens (tertiary/aromatic N) is 2. The lowest BCUT2D eigenvalue weighted by atomic mass is 10.1. The predicted molar refractivity (Wildman–Crippen MR) is 65.6 cm³/mol. The van der Waals surface area contributed by atoms with E-state index in [1.165, 1.54) is 12.1 Å². The van der Waals surface area contributed by atoms with Gasteiger partial charge in [0.25, 0.3) is 0 Å². The first-order valence-electron chi connectivity index (χ1n) is 5.67. The van der Waals surface area contributed by atoms with Crippen LogP contribution in [0.4, 0.5) is 5.69 Å². The number of aryl methyl sites for hydroxylation is 1. The van der Waals surface area contributed by atoms with E-state index in [9.17, 15) is 0 Å². The van der Waals surface area contributed by atoms with Gasteiger partial charge < -0.3 is 10.2 Å². The van der Waals surface area contributed by atoms with Crippen molar-refractivity contribution < 1.29 is 0 Å². The SMILES string of the molecule is CN[C@H]1CCN(c2ccc(C#N)c(C)c2)C1. The highest BCUT2D eigenvalue weighted by Crippen LogP contribution is 2.22. The molecule has 1 atom stereocenters. The lowest BCUT2D eigenvalue weighted by molar-refractivity contribution is 0.617. The van der Waals surface area contributed by atoms with E-state index in [1.807, 2.05) is 26.1 Å². The molecule has 1 heterocycles. The minimum Gasteiger partial charge on any atom is -0.370 e. The number of anilines is 1. The van der Waals surface area contributed by atoms with Gasteiger partial charge in [0.1, 0.15) is 0 Å². The standard InChI is InChI=1S/C13H17N3/c1-10-7-13(4-3-11(10)8-14)16-6-5-12(9-16)15-2/h3-4,7,12,15H,5-6,9H2,1-2H3/t12-/m0/s1. The van der Waals surface area contributed by atoms with Crippen molar-refractivity contribution in [1.82, 2.24) is 5.32 Å². The van der Waals surface area contributed by atoms with Gasteiger partial charge in [0.05, 0.1) is 11.6 Å². The fraction of sp³-hybridized carbons (Fsp3) is 0.462. The Morgan fingerprint density at radius 3 is 2.88 bits per heavy atom. The Morgan fingerprint density at radius 2 is 2.31 bits per heavy atom.